The van der Waals surface area contributed by atoms with E-state index >= 15 is 0 Å². The SMILES string of the molecule is CCCc1ccc(S(=O)(=O)N2CCCC2CC(C)O)cc1. The van der Waals surface area contributed by atoms with Crippen molar-refractivity contribution in [3.8, 4) is 0 Å². The molecule has 0 amide bonds. The molecule has 1 aromatic carbocycles. The topological polar surface area (TPSA) is 57.6 Å². The molecule has 2 atom stereocenters. The van der Waals surface area contributed by atoms with Crippen LogP contribution < -0.4 is 0 Å². The number of aryl methyl sites for hydroxylation is 1. The third-order valence-corrected chi connectivity index (χ3v) is 5.97. The summed E-state index contributed by atoms with van der Waals surface area (Å²) in [5.41, 5.74) is 1.17. The number of aliphatic hydroxyl groups excluding tert-OH is 1. The summed E-state index contributed by atoms with van der Waals surface area (Å²) >= 11 is 0. The Labute approximate surface area is 127 Å². The first-order valence-corrected chi connectivity index (χ1v) is 9.18. The van der Waals surface area contributed by atoms with E-state index in [1.54, 1.807) is 23.4 Å². The Bertz CT molecular complexity index is 551. The van der Waals surface area contributed by atoms with Crippen molar-refractivity contribution in [1.29, 1.82) is 0 Å². The van der Waals surface area contributed by atoms with Gasteiger partial charge in [0.15, 0.2) is 0 Å². The van der Waals surface area contributed by atoms with Crippen LogP contribution in [0.2, 0.25) is 0 Å². The summed E-state index contributed by atoms with van der Waals surface area (Å²) < 4.78 is 27.0. The third-order valence-electron chi connectivity index (χ3n) is 4.00. The van der Waals surface area contributed by atoms with E-state index in [0.29, 0.717) is 17.9 Å². The van der Waals surface area contributed by atoms with E-state index in [4.69, 9.17) is 0 Å². The lowest BCUT2D eigenvalue weighted by molar-refractivity contribution is 0.158. The Balaban J connectivity index is 2.20. The molecule has 1 aliphatic rings. The Hall–Kier alpha value is -0.910. The molecule has 2 unspecified atom stereocenters. The van der Waals surface area contributed by atoms with E-state index in [0.717, 1.165) is 25.7 Å². The van der Waals surface area contributed by atoms with Gasteiger partial charge < -0.3 is 5.11 Å². The van der Waals surface area contributed by atoms with Crippen LogP contribution in [0.4, 0.5) is 0 Å². The molecule has 1 heterocycles. The van der Waals surface area contributed by atoms with Crippen molar-refractivity contribution >= 4 is 10.0 Å². The molecule has 0 aliphatic carbocycles. The van der Waals surface area contributed by atoms with Gasteiger partial charge in [-0.15, -0.1) is 0 Å². The van der Waals surface area contributed by atoms with E-state index in [2.05, 4.69) is 6.92 Å². The predicted molar refractivity (Wildman–Crippen MR) is 83.6 cm³/mol. The summed E-state index contributed by atoms with van der Waals surface area (Å²) in [6.45, 7) is 4.37. The van der Waals surface area contributed by atoms with Gasteiger partial charge in [0.05, 0.1) is 11.0 Å². The summed E-state index contributed by atoms with van der Waals surface area (Å²) in [4.78, 5) is 0.361. The smallest absolute Gasteiger partial charge is 0.243 e. The molecule has 2 rings (SSSR count). The molecule has 1 aromatic rings. The highest BCUT2D eigenvalue weighted by Crippen LogP contribution is 2.28. The third kappa shape index (κ3) is 3.84. The summed E-state index contributed by atoms with van der Waals surface area (Å²) in [6, 6.07) is 7.13. The number of nitrogens with zero attached hydrogens (tertiary/aromatic N) is 1. The summed E-state index contributed by atoms with van der Waals surface area (Å²) in [6.07, 6.45) is 3.75. The fraction of sp³-hybridized carbons (Fsp3) is 0.625. The fourth-order valence-corrected chi connectivity index (χ4v) is 4.71. The van der Waals surface area contributed by atoms with Crippen molar-refractivity contribution in [2.75, 3.05) is 6.54 Å². The molecular weight excluding hydrogens is 286 g/mol. The number of hydrogen-bond acceptors (Lipinski definition) is 3. The quantitative estimate of drug-likeness (QED) is 0.878. The van der Waals surface area contributed by atoms with Crippen molar-refractivity contribution in [2.24, 2.45) is 0 Å². The molecule has 1 fully saturated rings. The molecular formula is C16H25NO3S. The minimum absolute atomic E-state index is 0.0784. The highest BCUT2D eigenvalue weighted by molar-refractivity contribution is 7.89. The minimum Gasteiger partial charge on any atom is -0.393 e. The predicted octanol–water partition coefficient (Wildman–Crippen LogP) is 2.56. The first kappa shape index (κ1) is 16.5. The minimum atomic E-state index is -3.44. The van der Waals surface area contributed by atoms with Crippen molar-refractivity contribution < 1.29 is 13.5 Å². The molecule has 0 radical (unpaired) electrons. The highest BCUT2D eigenvalue weighted by atomic mass is 32.2. The van der Waals surface area contributed by atoms with Gasteiger partial charge in [-0.25, -0.2) is 8.42 Å². The monoisotopic (exact) mass is 311 g/mol. The first-order chi connectivity index (χ1) is 9.95. The summed E-state index contributed by atoms with van der Waals surface area (Å²) in [5, 5.41) is 9.54. The maximum Gasteiger partial charge on any atom is 0.243 e. The lowest BCUT2D eigenvalue weighted by Crippen LogP contribution is -2.37. The number of hydrogen-bond donors (Lipinski definition) is 1. The lowest BCUT2D eigenvalue weighted by atomic mass is 10.1. The van der Waals surface area contributed by atoms with Gasteiger partial charge in [-0.2, -0.15) is 4.31 Å². The van der Waals surface area contributed by atoms with Crippen LogP contribution >= 0.6 is 0 Å². The van der Waals surface area contributed by atoms with Gasteiger partial charge in [0.2, 0.25) is 10.0 Å². The Morgan fingerprint density at radius 1 is 1.33 bits per heavy atom. The molecule has 4 nitrogen and oxygen atoms in total. The van der Waals surface area contributed by atoms with Crippen LogP contribution in [0.3, 0.4) is 0 Å². The normalized spacial score (nSPS) is 21.6. The lowest BCUT2D eigenvalue weighted by Gasteiger charge is -2.25. The highest BCUT2D eigenvalue weighted by Gasteiger charge is 2.35. The van der Waals surface area contributed by atoms with Gasteiger partial charge >= 0.3 is 0 Å². The Morgan fingerprint density at radius 2 is 2.00 bits per heavy atom. The second-order valence-corrected chi connectivity index (χ2v) is 7.78. The van der Waals surface area contributed by atoms with Gasteiger partial charge in [0.1, 0.15) is 0 Å². The zero-order chi connectivity index (χ0) is 15.5. The van der Waals surface area contributed by atoms with E-state index < -0.39 is 16.1 Å². The molecule has 1 N–H and O–H groups in total. The van der Waals surface area contributed by atoms with Gasteiger partial charge in [-0.05, 0) is 50.3 Å². The maximum atomic E-state index is 12.7. The van der Waals surface area contributed by atoms with Crippen LogP contribution in [-0.2, 0) is 16.4 Å². The molecule has 0 spiro atoms. The van der Waals surface area contributed by atoms with Crippen LogP contribution in [0.15, 0.2) is 29.2 Å². The van der Waals surface area contributed by atoms with Crippen molar-refractivity contribution in [3.05, 3.63) is 29.8 Å². The van der Waals surface area contributed by atoms with E-state index in [1.165, 1.54) is 5.56 Å². The molecule has 1 aliphatic heterocycles. The number of rotatable bonds is 6. The van der Waals surface area contributed by atoms with E-state index in [-0.39, 0.29) is 6.04 Å². The van der Waals surface area contributed by atoms with Crippen molar-refractivity contribution in [3.63, 3.8) is 0 Å². The van der Waals surface area contributed by atoms with Crippen LogP contribution in [0.5, 0.6) is 0 Å². The molecule has 0 saturated carbocycles. The molecule has 21 heavy (non-hydrogen) atoms. The maximum absolute atomic E-state index is 12.7. The van der Waals surface area contributed by atoms with Gasteiger partial charge in [0, 0.05) is 12.6 Å². The van der Waals surface area contributed by atoms with Gasteiger partial charge in [-0.3, -0.25) is 0 Å². The van der Waals surface area contributed by atoms with Crippen LogP contribution in [0, 0.1) is 0 Å². The molecule has 118 valence electrons. The zero-order valence-electron chi connectivity index (χ0n) is 12.8. The molecule has 1 saturated heterocycles. The molecule has 0 aromatic heterocycles. The Morgan fingerprint density at radius 3 is 2.57 bits per heavy atom. The Kier molecular flexibility index (Phi) is 5.41. The summed E-state index contributed by atoms with van der Waals surface area (Å²) in [7, 11) is -3.44. The standard InChI is InChI=1S/C16H25NO3S/c1-3-5-14-7-9-16(10-8-14)21(19,20)17-11-4-6-15(17)12-13(2)18/h7-10,13,15,18H,3-6,11-12H2,1-2H3. The van der Waals surface area contributed by atoms with Crippen molar-refractivity contribution in [1.82, 2.24) is 4.31 Å². The second kappa shape index (κ2) is 6.90. The molecule has 0 bridgehead atoms. The average molecular weight is 311 g/mol. The van der Waals surface area contributed by atoms with Gasteiger partial charge in [-0.1, -0.05) is 25.5 Å². The fourth-order valence-electron chi connectivity index (χ4n) is 3.01. The number of benzene rings is 1. The number of sulfonamides is 1. The first-order valence-electron chi connectivity index (χ1n) is 7.74. The molecule has 5 heteroatoms. The number of aliphatic hydroxyl groups is 1. The van der Waals surface area contributed by atoms with E-state index in [1.807, 2.05) is 12.1 Å². The average Bonchev–Trinajstić information content (AvgIpc) is 2.88. The van der Waals surface area contributed by atoms with E-state index in [9.17, 15) is 13.5 Å². The summed E-state index contributed by atoms with van der Waals surface area (Å²) in [5.74, 6) is 0. The van der Waals surface area contributed by atoms with Crippen LogP contribution in [0.1, 0.15) is 45.1 Å². The van der Waals surface area contributed by atoms with Crippen LogP contribution in [-0.4, -0.2) is 36.5 Å². The van der Waals surface area contributed by atoms with Gasteiger partial charge in [0.25, 0.3) is 0 Å². The van der Waals surface area contributed by atoms with Crippen LogP contribution in [0.25, 0.3) is 0 Å². The largest absolute Gasteiger partial charge is 0.393 e. The second-order valence-electron chi connectivity index (χ2n) is 5.89. The zero-order valence-corrected chi connectivity index (χ0v) is 13.6. The van der Waals surface area contributed by atoms with Crippen molar-refractivity contribution in [2.45, 2.75) is 63.0 Å².